The molecule has 0 bridgehead atoms. The summed E-state index contributed by atoms with van der Waals surface area (Å²) in [6.07, 6.45) is 0. The molecule has 0 atom stereocenters. The highest BCUT2D eigenvalue weighted by Crippen LogP contribution is 2.64. The molecule has 15 rings (SSSR count). The largest absolute Gasteiger partial charge is 0.308 e. The summed E-state index contributed by atoms with van der Waals surface area (Å²) in [5.41, 5.74) is 19.0. The van der Waals surface area contributed by atoms with E-state index in [0.29, 0.717) is 0 Å². The van der Waals surface area contributed by atoms with Gasteiger partial charge in [-0.05, 0) is 131 Å². The zero-order valence-electron chi connectivity index (χ0n) is 37.6. The van der Waals surface area contributed by atoms with Gasteiger partial charge in [0, 0.05) is 27.7 Å². The standard InChI is InChI=1S/C67H42N2/c1-3-20-43(21-4-1)56-41-58-53-30-13-17-35-61(53)67(59-33-15-11-28-51(59)52-29-12-16-34-60(52)67)62(58)42-65(56)68(45-38-39-50-48-26-8-7-24-46(48)47-25-9-10-27-49(47)57(50)40-45)64-37-19-32-55-54-31-14-18-36-63(54)69(66(55)64)44-22-5-2-6-23-44/h1-42H. The Labute approximate surface area is 400 Å². The highest BCUT2D eigenvalue weighted by molar-refractivity contribution is 6.26. The van der Waals surface area contributed by atoms with E-state index in [0.717, 1.165) is 28.3 Å². The predicted molar refractivity (Wildman–Crippen MR) is 290 cm³/mol. The Morgan fingerprint density at radius 3 is 1.42 bits per heavy atom. The smallest absolute Gasteiger partial charge is 0.0782 e. The number of anilines is 3. The number of hydrogen-bond acceptors (Lipinski definition) is 1. The van der Waals surface area contributed by atoms with Gasteiger partial charge in [0.15, 0.2) is 0 Å². The van der Waals surface area contributed by atoms with Crippen LogP contribution in [0.4, 0.5) is 17.1 Å². The average molecular weight is 875 g/mol. The van der Waals surface area contributed by atoms with Crippen LogP contribution in [0, 0.1) is 0 Å². The molecule has 1 aromatic heterocycles. The van der Waals surface area contributed by atoms with E-state index in [9.17, 15) is 0 Å². The van der Waals surface area contributed by atoms with Gasteiger partial charge in [0.25, 0.3) is 0 Å². The number of fused-ring (bicyclic) bond motifs is 19. The summed E-state index contributed by atoms with van der Waals surface area (Å²) in [5.74, 6) is 0. The number of hydrogen-bond donors (Lipinski definition) is 0. The van der Waals surface area contributed by atoms with Crippen LogP contribution in [0.1, 0.15) is 22.3 Å². The Kier molecular flexibility index (Phi) is 8.02. The fourth-order valence-corrected chi connectivity index (χ4v) is 12.6. The van der Waals surface area contributed by atoms with E-state index < -0.39 is 5.41 Å². The topological polar surface area (TPSA) is 8.17 Å². The van der Waals surface area contributed by atoms with Gasteiger partial charge in [0.05, 0.1) is 27.8 Å². The van der Waals surface area contributed by atoms with Crippen LogP contribution in [0.3, 0.4) is 0 Å². The number of aromatic nitrogens is 1. The van der Waals surface area contributed by atoms with Gasteiger partial charge in [-0.15, -0.1) is 0 Å². The molecule has 0 fully saturated rings. The average Bonchev–Trinajstić information content (AvgIpc) is 4.03. The fraction of sp³-hybridized carbons (Fsp3) is 0.0149. The first-order chi connectivity index (χ1) is 34.3. The minimum absolute atomic E-state index is 0.530. The first kappa shape index (κ1) is 38.2. The van der Waals surface area contributed by atoms with Gasteiger partial charge in [-0.3, -0.25) is 0 Å². The van der Waals surface area contributed by atoms with Crippen LogP contribution < -0.4 is 4.90 Å². The molecule has 2 aliphatic carbocycles. The molecule has 320 valence electrons. The van der Waals surface area contributed by atoms with Crippen molar-refractivity contribution in [3.05, 3.63) is 277 Å². The second-order valence-corrected chi connectivity index (χ2v) is 18.7. The van der Waals surface area contributed by atoms with E-state index in [4.69, 9.17) is 0 Å². The number of nitrogens with zero attached hydrogens (tertiary/aromatic N) is 2. The van der Waals surface area contributed by atoms with Gasteiger partial charge in [-0.25, -0.2) is 0 Å². The molecule has 0 unspecified atom stereocenters. The van der Waals surface area contributed by atoms with Crippen molar-refractivity contribution >= 4 is 71.2 Å². The van der Waals surface area contributed by atoms with E-state index in [1.54, 1.807) is 0 Å². The van der Waals surface area contributed by atoms with Crippen LogP contribution in [0.25, 0.3) is 93.2 Å². The third-order valence-electron chi connectivity index (χ3n) is 15.4. The van der Waals surface area contributed by atoms with Crippen LogP contribution in [0.5, 0.6) is 0 Å². The maximum absolute atomic E-state index is 2.59. The zero-order valence-corrected chi connectivity index (χ0v) is 37.6. The third-order valence-corrected chi connectivity index (χ3v) is 15.4. The molecule has 1 heterocycles. The molecule has 0 radical (unpaired) electrons. The summed E-state index contributed by atoms with van der Waals surface area (Å²) in [6, 6.07) is 95.2. The molecule has 2 aliphatic rings. The SMILES string of the molecule is c1ccc(-c2cc3c(cc2N(c2ccc4c5ccccc5c5ccccc5c4c2)c2cccc4c5ccccc5n(-c5ccccc5)c24)C2(c4ccccc4-c4ccccc42)c2ccccc2-3)cc1. The molecule has 1 spiro atoms. The first-order valence-electron chi connectivity index (χ1n) is 24.0. The monoisotopic (exact) mass is 874 g/mol. The van der Waals surface area contributed by atoms with Gasteiger partial charge in [-0.1, -0.05) is 206 Å². The molecule has 69 heavy (non-hydrogen) atoms. The van der Waals surface area contributed by atoms with E-state index in [1.165, 1.54) is 104 Å². The molecular weight excluding hydrogens is 833 g/mol. The summed E-state index contributed by atoms with van der Waals surface area (Å²) < 4.78 is 2.48. The number of para-hydroxylation sites is 3. The second kappa shape index (κ2) is 14.5. The maximum Gasteiger partial charge on any atom is 0.0782 e. The highest BCUT2D eigenvalue weighted by atomic mass is 15.2. The van der Waals surface area contributed by atoms with Crippen molar-refractivity contribution in [3.63, 3.8) is 0 Å². The maximum atomic E-state index is 2.59. The Hall–Kier alpha value is -8.98. The highest BCUT2D eigenvalue weighted by Gasteiger charge is 2.52. The molecule has 13 aromatic rings. The van der Waals surface area contributed by atoms with Crippen molar-refractivity contribution in [2.45, 2.75) is 5.41 Å². The van der Waals surface area contributed by atoms with E-state index >= 15 is 0 Å². The van der Waals surface area contributed by atoms with Crippen molar-refractivity contribution in [3.8, 4) is 39.1 Å². The lowest BCUT2D eigenvalue weighted by molar-refractivity contribution is 0.794. The molecule has 0 saturated carbocycles. The summed E-state index contributed by atoms with van der Waals surface area (Å²) >= 11 is 0. The third kappa shape index (κ3) is 5.20. The van der Waals surface area contributed by atoms with E-state index in [-0.39, 0.29) is 0 Å². The fourth-order valence-electron chi connectivity index (χ4n) is 12.6. The van der Waals surface area contributed by atoms with Crippen LogP contribution in [0.2, 0.25) is 0 Å². The molecule has 0 amide bonds. The van der Waals surface area contributed by atoms with Crippen molar-refractivity contribution < 1.29 is 0 Å². The van der Waals surface area contributed by atoms with Crippen molar-refractivity contribution in [1.29, 1.82) is 0 Å². The first-order valence-corrected chi connectivity index (χ1v) is 24.0. The lowest BCUT2D eigenvalue weighted by atomic mass is 9.70. The normalized spacial score (nSPS) is 13.0. The lowest BCUT2D eigenvalue weighted by Gasteiger charge is -2.34. The molecule has 12 aromatic carbocycles. The molecule has 0 aliphatic heterocycles. The van der Waals surface area contributed by atoms with Crippen LogP contribution in [-0.4, -0.2) is 4.57 Å². The van der Waals surface area contributed by atoms with Crippen LogP contribution in [0.15, 0.2) is 255 Å². The lowest BCUT2D eigenvalue weighted by Crippen LogP contribution is -2.26. The summed E-state index contributed by atoms with van der Waals surface area (Å²) in [4.78, 5) is 2.59. The molecule has 2 heteroatoms. The summed E-state index contributed by atoms with van der Waals surface area (Å²) in [5, 5.41) is 9.94. The van der Waals surface area contributed by atoms with Gasteiger partial charge in [-0.2, -0.15) is 0 Å². The molecule has 2 nitrogen and oxygen atoms in total. The molecular formula is C67H42N2. The Bertz CT molecular complexity index is 4170. The number of rotatable bonds is 5. The van der Waals surface area contributed by atoms with Crippen molar-refractivity contribution in [2.75, 3.05) is 4.90 Å². The van der Waals surface area contributed by atoms with Crippen LogP contribution in [-0.2, 0) is 5.41 Å². The number of benzene rings is 12. The predicted octanol–water partition coefficient (Wildman–Crippen LogP) is 17.7. The Balaban J connectivity index is 1.13. The van der Waals surface area contributed by atoms with Crippen molar-refractivity contribution in [1.82, 2.24) is 4.57 Å². The van der Waals surface area contributed by atoms with Gasteiger partial charge >= 0.3 is 0 Å². The van der Waals surface area contributed by atoms with Gasteiger partial charge in [0.2, 0.25) is 0 Å². The van der Waals surface area contributed by atoms with E-state index in [2.05, 4.69) is 264 Å². The minimum atomic E-state index is -0.530. The van der Waals surface area contributed by atoms with Gasteiger partial charge < -0.3 is 9.47 Å². The minimum Gasteiger partial charge on any atom is -0.308 e. The quantitative estimate of drug-likeness (QED) is 0.156. The van der Waals surface area contributed by atoms with Crippen molar-refractivity contribution in [2.24, 2.45) is 0 Å². The summed E-state index contributed by atoms with van der Waals surface area (Å²) in [7, 11) is 0. The summed E-state index contributed by atoms with van der Waals surface area (Å²) in [6.45, 7) is 0. The Morgan fingerprint density at radius 1 is 0.290 bits per heavy atom. The molecule has 0 saturated heterocycles. The zero-order chi connectivity index (χ0) is 45.2. The van der Waals surface area contributed by atoms with Gasteiger partial charge in [0.1, 0.15) is 0 Å². The molecule has 0 N–H and O–H groups in total. The Morgan fingerprint density at radius 2 is 0.783 bits per heavy atom. The van der Waals surface area contributed by atoms with Crippen LogP contribution >= 0.6 is 0 Å². The van der Waals surface area contributed by atoms with E-state index in [1.807, 2.05) is 0 Å². The second-order valence-electron chi connectivity index (χ2n) is 18.7.